The third kappa shape index (κ3) is 4.86. The zero-order valence-corrected chi connectivity index (χ0v) is 22.1. The molecule has 8 nitrogen and oxygen atoms in total. The fourth-order valence-corrected chi connectivity index (χ4v) is 5.58. The van der Waals surface area contributed by atoms with Gasteiger partial charge in [0.05, 0.1) is 32.0 Å². The van der Waals surface area contributed by atoms with Crippen molar-refractivity contribution in [3.63, 3.8) is 0 Å². The van der Waals surface area contributed by atoms with Crippen LogP contribution in [0.2, 0.25) is 0 Å². The van der Waals surface area contributed by atoms with E-state index in [9.17, 15) is 14.4 Å². The number of aryl methyl sites for hydroxylation is 1. The van der Waals surface area contributed by atoms with Gasteiger partial charge in [0.15, 0.2) is 0 Å². The molecule has 1 aliphatic heterocycles. The van der Waals surface area contributed by atoms with E-state index in [1.807, 2.05) is 60.7 Å². The number of benzene rings is 3. The average Bonchev–Trinajstić information content (AvgIpc) is 3.64. The Kier molecular flexibility index (Phi) is 7.06. The summed E-state index contributed by atoms with van der Waals surface area (Å²) >= 11 is 0. The van der Waals surface area contributed by atoms with E-state index in [1.165, 1.54) is 10.8 Å². The van der Waals surface area contributed by atoms with Crippen molar-refractivity contribution in [3.05, 3.63) is 140 Å². The number of hydrogen-bond acceptors (Lipinski definition) is 6. The molecule has 4 atom stereocenters. The minimum absolute atomic E-state index is 0.265. The third-order valence-corrected chi connectivity index (χ3v) is 7.72. The second-order valence-electron chi connectivity index (χ2n) is 10.4. The number of aromatic nitrogens is 2. The van der Waals surface area contributed by atoms with Gasteiger partial charge in [-0.05, 0) is 30.2 Å². The van der Waals surface area contributed by atoms with Gasteiger partial charge < -0.3 is 14.2 Å². The molecule has 1 saturated heterocycles. The molecule has 0 radical (unpaired) electrons. The zero-order chi connectivity index (χ0) is 27.7. The van der Waals surface area contributed by atoms with Gasteiger partial charge in [0.1, 0.15) is 11.7 Å². The van der Waals surface area contributed by atoms with Crippen LogP contribution in [0.15, 0.2) is 107 Å². The van der Waals surface area contributed by atoms with Gasteiger partial charge in [-0.3, -0.25) is 14.2 Å². The van der Waals surface area contributed by atoms with Crippen molar-refractivity contribution in [1.82, 2.24) is 9.13 Å². The van der Waals surface area contributed by atoms with Gasteiger partial charge in [0, 0.05) is 23.7 Å². The van der Waals surface area contributed by atoms with Crippen LogP contribution in [0.5, 0.6) is 0 Å². The molecule has 8 heteroatoms. The highest BCUT2D eigenvalue weighted by atomic mass is 16.7. The van der Waals surface area contributed by atoms with Crippen LogP contribution < -0.4 is 11.2 Å². The van der Waals surface area contributed by atoms with Crippen LogP contribution in [-0.2, 0) is 27.4 Å². The van der Waals surface area contributed by atoms with Gasteiger partial charge in [0.25, 0.3) is 11.5 Å². The van der Waals surface area contributed by atoms with Crippen LogP contribution in [0.3, 0.4) is 0 Å². The highest BCUT2D eigenvalue weighted by molar-refractivity contribution is 5.95. The van der Waals surface area contributed by atoms with Crippen LogP contribution >= 0.6 is 0 Å². The van der Waals surface area contributed by atoms with Gasteiger partial charge in [-0.1, -0.05) is 78.9 Å². The van der Waals surface area contributed by atoms with Gasteiger partial charge in [-0.25, -0.2) is 4.79 Å². The first kappa shape index (κ1) is 26.1. The lowest BCUT2D eigenvalue weighted by molar-refractivity contribution is -0.0553. The summed E-state index contributed by atoms with van der Waals surface area (Å²) in [7, 11) is 0. The summed E-state index contributed by atoms with van der Waals surface area (Å²) in [5.74, 6) is -0.655. The van der Waals surface area contributed by atoms with Crippen molar-refractivity contribution in [2.45, 2.75) is 50.4 Å². The topological polar surface area (TPSA) is 92.1 Å². The zero-order valence-electron chi connectivity index (χ0n) is 22.1. The lowest BCUT2D eigenvalue weighted by atomic mass is 10.1. The molecule has 0 amide bonds. The average molecular weight is 539 g/mol. The lowest BCUT2D eigenvalue weighted by Crippen LogP contribution is -2.46. The fraction of sp³-hybridized carbons (Fsp3) is 0.281. The van der Waals surface area contributed by atoms with Crippen molar-refractivity contribution in [1.29, 1.82) is 0 Å². The van der Waals surface area contributed by atoms with Crippen molar-refractivity contribution in [2.24, 2.45) is 0 Å². The first-order valence-corrected chi connectivity index (χ1v) is 13.4. The highest BCUT2D eigenvalue weighted by Crippen LogP contribution is 2.56. The largest absolute Gasteiger partial charge is 0.374 e. The lowest BCUT2D eigenvalue weighted by Gasteiger charge is -2.23. The molecular formula is C32H30N2O6. The molecule has 1 aliphatic carbocycles. The number of carbonyl (C=O) groups is 1. The minimum atomic E-state index is -0.730. The second kappa shape index (κ2) is 10.8. The summed E-state index contributed by atoms with van der Waals surface area (Å²) in [5.41, 5.74) is 0.590. The molecule has 0 spiro atoms. The molecule has 6 rings (SSSR count). The summed E-state index contributed by atoms with van der Waals surface area (Å²) in [6, 6.07) is 27.6. The number of ether oxygens (including phenoxy) is 3. The predicted molar refractivity (Wildman–Crippen MR) is 148 cm³/mol. The number of epoxide rings is 1. The van der Waals surface area contributed by atoms with E-state index in [4.69, 9.17) is 14.2 Å². The Morgan fingerprint density at radius 1 is 0.900 bits per heavy atom. The smallest absolute Gasteiger partial charge is 0.338 e. The molecule has 204 valence electrons. The van der Waals surface area contributed by atoms with Crippen molar-refractivity contribution in [2.75, 3.05) is 6.61 Å². The summed E-state index contributed by atoms with van der Waals surface area (Å²) in [6.45, 7) is 2.70. The highest BCUT2D eigenvalue weighted by Gasteiger charge is 2.71. The summed E-state index contributed by atoms with van der Waals surface area (Å²) in [4.78, 5) is 39.9. The first-order valence-electron chi connectivity index (χ1n) is 13.4. The molecule has 0 N–H and O–H groups in total. The Labute approximate surface area is 231 Å². The number of fused-ring (bicyclic) bond motifs is 1. The molecule has 4 aromatic rings. The standard InChI is InChI=1S/C32H30N2O6/c1-22-18-33(31(37)34(29(22)35)30(36)25-15-9-4-10-16-25)26-17-27(39-20-24-13-7-3-8-14-24)32(28(26)40-32)21-38-19-23-11-5-2-6-12-23/h2-16,18,26-28H,17,19-21H2,1H3/t26-,27-,28-,32+/m0/s1. The Morgan fingerprint density at radius 2 is 1.50 bits per heavy atom. The van der Waals surface area contributed by atoms with Crippen LogP contribution in [0.25, 0.3) is 0 Å². The number of rotatable bonds is 9. The Balaban J connectivity index is 1.30. The fourth-order valence-electron chi connectivity index (χ4n) is 5.58. The maximum Gasteiger partial charge on any atom is 0.338 e. The van der Waals surface area contributed by atoms with E-state index in [-0.39, 0.29) is 17.8 Å². The van der Waals surface area contributed by atoms with Gasteiger partial charge >= 0.3 is 5.69 Å². The van der Waals surface area contributed by atoms with Crippen molar-refractivity contribution in [3.8, 4) is 0 Å². The Morgan fingerprint density at radius 3 is 2.15 bits per heavy atom. The summed E-state index contributed by atoms with van der Waals surface area (Å²) in [5, 5.41) is 0. The monoisotopic (exact) mass is 538 g/mol. The second-order valence-corrected chi connectivity index (χ2v) is 10.4. The number of nitrogens with zero attached hydrogens (tertiary/aromatic N) is 2. The molecule has 40 heavy (non-hydrogen) atoms. The minimum Gasteiger partial charge on any atom is -0.374 e. The molecule has 1 saturated carbocycles. The van der Waals surface area contributed by atoms with Gasteiger partial charge in [-0.2, -0.15) is 4.57 Å². The van der Waals surface area contributed by atoms with Crippen molar-refractivity contribution >= 4 is 5.91 Å². The third-order valence-electron chi connectivity index (χ3n) is 7.72. The van der Waals surface area contributed by atoms with E-state index in [0.29, 0.717) is 31.8 Å². The quantitative estimate of drug-likeness (QED) is 0.300. The van der Waals surface area contributed by atoms with Crippen LogP contribution in [-0.4, -0.2) is 39.5 Å². The molecule has 0 bridgehead atoms. The SMILES string of the molecule is Cc1cn([C@H]2C[C@H](OCc3ccccc3)[C@@]3(COCc4ccccc4)O[C@@H]23)c(=O)n(C(=O)c2ccccc2)c1=O. The van der Waals surface area contributed by atoms with Crippen LogP contribution in [0, 0.1) is 6.92 Å². The maximum absolute atomic E-state index is 13.7. The summed E-state index contributed by atoms with van der Waals surface area (Å²) < 4.78 is 21.0. The molecule has 1 aromatic heterocycles. The van der Waals surface area contributed by atoms with E-state index < -0.39 is 28.8 Å². The Bertz CT molecular complexity index is 1620. The molecular weight excluding hydrogens is 508 g/mol. The molecule has 0 unspecified atom stereocenters. The molecule has 2 fully saturated rings. The normalized spacial score (nSPS) is 23.1. The molecule has 2 aliphatic rings. The maximum atomic E-state index is 13.7. The number of carbonyl (C=O) groups excluding carboxylic acids is 1. The predicted octanol–water partition coefficient (Wildman–Crippen LogP) is 3.89. The van der Waals surface area contributed by atoms with Gasteiger partial charge in [0.2, 0.25) is 0 Å². The molecule has 2 heterocycles. The van der Waals surface area contributed by atoms with Crippen molar-refractivity contribution < 1.29 is 19.0 Å². The van der Waals surface area contributed by atoms with Crippen LogP contribution in [0.4, 0.5) is 0 Å². The van der Waals surface area contributed by atoms with E-state index in [0.717, 1.165) is 15.7 Å². The van der Waals surface area contributed by atoms with E-state index in [2.05, 4.69) is 0 Å². The van der Waals surface area contributed by atoms with Gasteiger partial charge in [-0.15, -0.1) is 0 Å². The van der Waals surface area contributed by atoms with Crippen LogP contribution in [0.1, 0.15) is 39.5 Å². The van der Waals surface area contributed by atoms with E-state index >= 15 is 0 Å². The Hall–Kier alpha value is -4.11. The van der Waals surface area contributed by atoms with E-state index in [1.54, 1.807) is 37.3 Å². The first-order chi connectivity index (χ1) is 19.5. The molecule has 3 aromatic carbocycles. The number of hydrogen-bond donors (Lipinski definition) is 0. The summed E-state index contributed by atoms with van der Waals surface area (Å²) in [6.07, 6.45) is 1.29.